The number of rotatable bonds is 3. The van der Waals surface area contributed by atoms with E-state index in [0.717, 1.165) is 25.1 Å². The van der Waals surface area contributed by atoms with Gasteiger partial charge >= 0.3 is 0 Å². The van der Waals surface area contributed by atoms with Crippen molar-refractivity contribution in [3.63, 3.8) is 0 Å². The number of hydrogen-bond donors (Lipinski definition) is 0. The van der Waals surface area contributed by atoms with Gasteiger partial charge in [-0.2, -0.15) is 0 Å². The number of aromatic nitrogens is 1. The van der Waals surface area contributed by atoms with E-state index in [9.17, 15) is 0 Å². The molecule has 1 aromatic heterocycles. The monoisotopic (exact) mass is 310 g/mol. The van der Waals surface area contributed by atoms with Crippen LogP contribution in [-0.2, 0) is 19.4 Å². The largest absolute Gasteiger partial charge is 0.361 e. The van der Waals surface area contributed by atoms with Crippen molar-refractivity contribution in [1.82, 2.24) is 10.1 Å². The van der Waals surface area contributed by atoms with Crippen molar-refractivity contribution in [3.8, 4) is 0 Å². The molecule has 0 radical (unpaired) electrons. The van der Waals surface area contributed by atoms with E-state index in [1.807, 2.05) is 0 Å². The van der Waals surface area contributed by atoms with E-state index in [2.05, 4.69) is 40.4 Å². The topological polar surface area (TPSA) is 29.3 Å². The number of benzene rings is 1. The van der Waals surface area contributed by atoms with E-state index in [1.54, 1.807) is 0 Å². The zero-order chi connectivity index (χ0) is 15.5. The van der Waals surface area contributed by atoms with Gasteiger partial charge in [0, 0.05) is 18.5 Å². The molecule has 1 fully saturated rings. The van der Waals surface area contributed by atoms with Gasteiger partial charge in [0.25, 0.3) is 0 Å². The lowest BCUT2D eigenvalue weighted by atomic mass is 9.92. The second kappa shape index (κ2) is 6.88. The van der Waals surface area contributed by atoms with Crippen LogP contribution in [0.5, 0.6) is 0 Å². The SMILES string of the molecule is c1ccc(C2CCCN(Cc3noc4c3CCCC4)CC2)cc1. The molecule has 0 N–H and O–H groups in total. The van der Waals surface area contributed by atoms with Crippen LogP contribution in [0.3, 0.4) is 0 Å². The Morgan fingerprint density at radius 1 is 1.00 bits per heavy atom. The fourth-order valence-electron chi connectivity index (χ4n) is 4.16. The summed E-state index contributed by atoms with van der Waals surface area (Å²) in [7, 11) is 0. The van der Waals surface area contributed by atoms with Gasteiger partial charge in [-0.05, 0) is 63.1 Å². The average Bonchev–Trinajstić information content (AvgIpc) is 2.86. The Bertz CT molecular complexity index is 634. The summed E-state index contributed by atoms with van der Waals surface area (Å²) < 4.78 is 5.57. The van der Waals surface area contributed by atoms with Gasteiger partial charge in [0.1, 0.15) is 11.5 Å². The molecule has 4 rings (SSSR count). The summed E-state index contributed by atoms with van der Waals surface area (Å²) in [6.07, 6.45) is 8.62. The second-order valence-electron chi connectivity index (χ2n) is 7.05. The Balaban J connectivity index is 1.40. The normalized spacial score (nSPS) is 22.5. The van der Waals surface area contributed by atoms with E-state index < -0.39 is 0 Å². The van der Waals surface area contributed by atoms with Crippen LogP contribution >= 0.6 is 0 Å². The molecule has 2 aromatic rings. The summed E-state index contributed by atoms with van der Waals surface area (Å²) >= 11 is 0. The maximum Gasteiger partial charge on any atom is 0.140 e. The summed E-state index contributed by atoms with van der Waals surface area (Å²) in [5.41, 5.74) is 4.13. The maximum atomic E-state index is 5.57. The van der Waals surface area contributed by atoms with Crippen LogP contribution in [0.1, 0.15) is 60.6 Å². The minimum atomic E-state index is 0.715. The Kier molecular flexibility index (Phi) is 4.47. The molecule has 122 valence electrons. The van der Waals surface area contributed by atoms with E-state index in [0.29, 0.717) is 5.92 Å². The van der Waals surface area contributed by atoms with Crippen molar-refractivity contribution >= 4 is 0 Å². The highest BCUT2D eigenvalue weighted by Gasteiger charge is 2.23. The van der Waals surface area contributed by atoms with Gasteiger partial charge in [-0.1, -0.05) is 35.5 Å². The van der Waals surface area contributed by atoms with Gasteiger partial charge in [-0.15, -0.1) is 0 Å². The summed E-state index contributed by atoms with van der Waals surface area (Å²) in [4.78, 5) is 2.58. The molecule has 0 spiro atoms. The molecule has 0 bridgehead atoms. The van der Waals surface area contributed by atoms with Gasteiger partial charge in [-0.3, -0.25) is 4.90 Å². The van der Waals surface area contributed by atoms with Gasteiger partial charge in [0.15, 0.2) is 0 Å². The molecule has 1 atom stereocenters. The zero-order valence-electron chi connectivity index (χ0n) is 13.8. The van der Waals surface area contributed by atoms with Crippen LogP contribution in [0.2, 0.25) is 0 Å². The molecular formula is C20H26N2O. The molecule has 1 unspecified atom stereocenters. The first kappa shape index (κ1) is 14.9. The summed E-state index contributed by atoms with van der Waals surface area (Å²) in [6, 6.07) is 11.0. The second-order valence-corrected chi connectivity index (χ2v) is 7.05. The molecule has 0 saturated carbocycles. The fourth-order valence-corrected chi connectivity index (χ4v) is 4.16. The first-order valence-corrected chi connectivity index (χ1v) is 9.14. The molecule has 2 aliphatic rings. The maximum absolute atomic E-state index is 5.57. The zero-order valence-corrected chi connectivity index (χ0v) is 13.8. The molecule has 1 aliphatic carbocycles. The number of hydrogen-bond acceptors (Lipinski definition) is 3. The Labute approximate surface area is 138 Å². The van der Waals surface area contributed by atoms with Crippen LogP contribution in [0.25, 0.3) is 0 Å². The van der Waals surface area contributed by atoms with Crippen molar-refractivity contribution in [2.75, 3.05) is 13.1 Å². The van der Waals surface area contributed by atoms with Gasteiger partial charge in [0.2, 0.25) is 0 Å². The Hall–Kier alpha value is -1.61. The lowest BCUT2D eigenvalue weighted by Crippen LogP contribution is -2.25. The van der Waals surface area contributed by atoms with Gasteiger partial charge < -0.3 is 4.52 Å². The van der Waals surface area contributed by atoms with E-state index in [4.69, 9.17) is 4.52 Å². The van der Waals surface area contributed by atoms with Crippen LogP contribution in [-0.4, -0.2) is 23.1 Å². The van der Waals surface area contributed by atoms with Gasteiger partial charge in [0.05, 0.1) is 0 Å². The van der Waals surface area contributed by atoms with Crippen molar-refractivity contribution in [2.24, 2.45) is 0 Å². The van der Waals surface area contributed by atoms with Crippen LogP contribution < -0.4 is 0 Å². The van der Waals surface area contributed by atoms with Crippen LogP contribution in [0.4, 0.5) is 0 Å². The molecular weight excluding hydrogens is 284 g/mol. The lowest BCUT2D eigenvalue weighted by molar-refractivity contribution is 0.264. The highest BCUT2D eigenvalue weighted by atomic mass is 16.5. The third-order valence-corrected chi connectivity index (χ3v) is 5.50. The van der Waals surface area contributed by atoms with Crippen molar-refractivity contribution < 1.29 is 4.52 Å². The minimum Gasteiger partial charge on any atom is -0.361 e. The van der Waals surface area contributed by atoms with Crippen molar-refractivity contribution in [1.29, 1.82) is 0 Å². The van der Waals surface area contributed by atoms with Crippen LogP contribution in [0.15, 0.2) is 34.9 Å². The summed E-state index contributed by atoms with van der Waals surface area (Å²) in [6.45, 7) is 3.33. The third kappa shape index (κ3) is 3.35. The van der Waals surface area contributed by atoms with Crippen LogP contribution in [0, 0.1) is 0 Å². The summed E-state index contributed by atoms with van der Waals surface area (Å²) in [5.74, 6) is 1.87. The molecule has 2 heterocycles. The predicted molar refractivity (Wildman–Crippen MR) is 91.5 cm³/mol. The number of nitrogens with zero attached hydrogens (tertiary/aromatic N) is 2. The first-order valence-electron chi connectivity index (χ1n) is 9.14. The Morgan fingerprint density at radius 2 is 1.87 bits per heavy atom. The third-order valence-electron chi connectivity index (χ3n) is 5.50. The van der Waals surface area contributed by atoms with E-state index >= 15 is 0 Å². The number of likely N-dealkylation sites (tertiary alicyclic amines) is 1. The Morgan fingerprint density at radius 3 is 2.78 bits per heavy atom. The molecule has 23 heavy (non-hydrogen) atoms. The minimum absolute atomic E-state index is 0.715. The molecule has 1 aliphatic heterocycles. The molecule has 3 heteroatoms. The molecule has 3 nitrogen and oxygen atoms in total. The predicted octanol–water partition coefficient (Wildman–Crippen LogP) is 4.32. The molecule has 0 amide bonds. The summed E-state index contributed by atoms with van der Waals surface area (Å²) in [5, 5.41) is 4.38. The first-order chi connectivity index (χ1) is 11.4. The van der Waals surface area contributed by atoms with Crippen molar-refractivity contribution in [3.05, 3.63) is 52.9 Å². The van der Waals surface area contributed by atoms with E-state index in [1.165, 1.54) is 62.0 Å². The van der Waals surface area contributed by atoms with E-state index in [-0.39, 0.29) is 0 Å². The highest BCUT2D eigenvalue weighted by molar-refractivity contribution is 5.25. The lowest BCUT2D eigenvalue weighted by Gasteiger charge is -2.20. The molecule has 1 saturated heterocycles. The van der Waals surface area contributed by atoms with Crippen molar-refractivity contribution in [2.45, 2.75) is 57.4 Å². The fraction of sp³-hybridized carbons (Fsp3) is 0.550. The average molecular weight is 310 g/mol. The standard InChI is InChI=1S/C20H26N2O/c1-2-7-16(8-3-1)17-9-6-13-22(14-12-17)15-19-18-10-4-5-11-20(18)23-21-19/h1-3,7-8,17H,4-6,9-15H2. The van der Waals surface area contributed by atoms with Gasteiger partial charge in [-0.25, -0.2) is 0 Å². The number of aryl methyl sites for hydroxylation is 1. The smallest absolute Gasteiger partial charge is 0.140 e. The molecule has 1 aromatic carbocycles. The highest BCUT2D eigenvalue weighted by Crippen LogP contribution is 2.29. The quantitative estimate of drug-likeness (QED) is 0.845. The number of fused-ring (bicyclic) bond motifs is 1.